The van der Waals surface area contributed by atoms with Crippen molar-refractivity contribution in [3.05, 3.63) is 68.7 Å². The summed E-state index contributed by atoms with van der Waals surface area (Å²) in [6.45, 7) is 0. The van der Waals surface area contributed by atoms with Crippen molar-refractivity contribution in [1.29, 1.82) is 0 Å². The van der Waals surface area contributed by atoms with Crippen LogP contribution in [0, 0.1) is 10.1 Å². The summed E-state index contributed by atoms with van der Waals surface area (Å²) in [5, 5.41) is 15.2. The molecular weight excluding hydrogens is 335 g/mol. The number of benzene rings is 2. The topological polar surface area (TPSA) is 67.5 Å². The molecule has 0 saturated carbocycles. The smallest absolute Gasteiger partial charge is 0.272 e. The third-order valence-electron chi connectivity index (χ3n) is 2.79. The first-order valence-corrected chi connectivity index (χ1v) is 6.55. The maximum Gasteiger partial charge on any atom is 0.416 e. The first-order chi connectivity index (χ1) is 10.8. The predicted octanol–water partition coefficient (Wildman–Crippen LogP) is 4.71. The summed E-state index contributed by atoms with van der Waals surface area (Å²) in [5.41, 5.74) is 1.07. The van der Waals surface area contributed by atoms with Gasteiger partial charge in [-0.05, 0) is 29.8 Å². The van der Waals surface area contributed by atoms with Crippen LogP contribution in [0.3, 0.4) is 0 Å². The Kier molecular flexibility index (Phi) is 4.85. The lowest BCUT2D eigenvalue weighted by molar-refractivity contribution is -0.384. The Morgan fingerprint density at radius 2 is 1.83 bits per heavy atom. The molecule has 0 aliphatic rings. The molecule has 120 valence electrons. The first kappa shape index (κ1) is 16.8. The Hall–Kier alpha value is -2.61. The minimum atomic E-state index is -4.66. The van der Waals surface area contributed by atoms with Gasteiger partial charge in [0, 0.05) is 11.1 Å². The van der Waals surface area contributed by atoms with Crippen LogP contribution in [0.15, 0.2) is 47.6 Å². The summed E-state index contributed by atoms with van der Waals surface area (Å²) in [6.07, 6.45) is -3.30. The minimum Gasteiger partial charge on any atom is -0.272 e. The van der Waals surface area contributed by atoms with Crippen molar-refractivity contribution < 1.29 is 18.1 Å². The standard InChI is InChI=1S/C14H9ClF3N3O2/c15-11-4-1-9(2-5-11)8-19-20-12-6-3-10(14(16,17)18)7-13(12)21(22)23/h1-8,20H/b19-8-. The van der Waals surface area contributed by atoms with Crippen LogP contribution in [-0.4, -0.2) is 11.1 Å². The predicted molar refractivity (Wildman–Crippen MR) is 80.8 cm³/mol. The Morgan fingerprint density at radius 3 is 2.39 bits per heavy atom. The van der Waals surface area contributed by atoms with Gasteiger partial charge >= 0.3 is 6.18 Å². The number of anilines is 1. The third-order valence-corrected chi connectivity index (χ3v) is 3.04. The van der Waals surface area contributed by atoms with Crippen LogP contribution >= 0.6 is 11.6 Å². The van der Waals surface area contributed by atoms with Gasteiger partial charge in [0.1, 0.15) is 5.69 Å². The molecule has 0 unspecified atom stereocenters. The van der Waals surface area contributed by atoms with E-state index in [-0.39, 0.29) is 5.69 Å². The zero-order valence-corrected chi connectivity index (χ0v) is 12.1. The zero-order chi connectivity index (χ0) is 17.0. The Balaban J connectivity index is 2.22. The largest absolute Gasteiger partial charge is 0.416 e. The highest BCUT2D eigenvalue weighted by atomic mass is 35.5. The van der Waals surface area contributed by atoms with E-state index in [1.165, 1.54) is 6.21 Å². The summed E-state index contributed by atoms with van der Waals surface area (Å²) in [7, 11) is 0. The quantitative estimate of drug-likeness (QED) is 0.496. The highest BCUT2D eigenvalue weighted by Gasteiger charge is 2.33. The van der Waals surface area contributed by atoms with Crippen LogP contribution in [0.4, 0.5) is 24.5 Å². The average molecular weight is 344 g/mol. The van der Waals surface area contributed by atoms with E-state index in [0.29, 0.717) is 16.7 Å². The van der Waals surface area contributed by atoms with Gasteiger partial charge in [0.05, 0.1) is 16.7 Å². The van der Waals surface area contributed by atoms with Gasteiger partial charge in [-0.2, -0.15) is 18.3 Å². The number of nitro groups is 1. The van der Waals surface area contributed by atoms with E-state index < -0.39 is 22.4 Å². The Labute approximate surface area is 133 Å². The van der Waals surface area contributed by atoms with Gasteiger partial charge in [-0.3, -0.25) is 15.5 Å². The van der Waals surface area contributed by atoms with Gasteiger partial charge in [0.2, 0.25) is 0 Å². The first-order valence-electron chi connectivity index (χ1n) is 6.17. The summed E-state index contributed by atoms with van der Waals surface area (Å²) < 4.78 is 37.8. The molecule has 2 rings (SSSR count). The number of halogens is 4. The Bertz CT molecular complexity index is 746. The molecule has 0 aliphatic carbocycles. The fourth-order valence-corrected chi connectivity index (χ4v) is 1.80. The van der Waals surface area contributed by atoms with Crippen LogP contribution in [0.25, 0.3) is 0 Å². The van der Waals surface area contributed by atoms with Gasteiger partial charge in [0.15, 0.2) is 0 Å². The Morgan fingerprint density at radius 1 is 1.17 bits per heavy atom. The molecule has 2 aromatic carbocycles. The number of alkyl halides is 3. The molecule has 0 aliphatic heterocycles. The van der Waals surface area contributed by atoms with Crippen LogP contribution in [0.2, 0.25) is 5.02 Å². The molecule has 0 bridgehead atoms. The minimum absolute atomic E-state index is 0.145. The lowest BCUT2D eigenvalue weighted by Gasteiger charge is -2.08. The van der Waals surface area contributed by atoms with E-state index in [9.17, 15) is 23.3 Å². The van der Waals surface area contributed by atoms with E-state index in [1.807, 2.05) is 0 Å². The number of nitrogens with zero attached hydrogens (tertiary/aromatic N) is 2. The van der Waals surface area contributed by atoms with Crippen molar-refractivity contribution in [2.24, 2.45) is 5.10 Å². The SMILES string of the molecule is O=[N+]([O-])c1cc(C(F)(F)F)ccc1N/N=C\c1ccc(Cl)cc1. The lowest BCUT2D eigenvalue weighted by atomic mass is 10.1. The second-order valence-electron chi connectivity index (χ2n) is 4.41. The second kappa shape index (κ2) is 6.66. The molecule has 0 saturated heterocycles. The lowest BCUT2D eigenvalue weighted by Crippen LogP contribution is -2.06. The van der Waals surface area contributed by atoms with Gasteiger partial charge in [0.25, 0.3) is 5.69 Å². The van der Waals surface area contributed by atoms with Crippen LogP contribution < -0.4 is 5.43 Å². The fraction of sp³-hybridized carbons (Fsp3) is 0.0714. The van der Waals surface area contributed by atoms with Crippen LogP contribution in [-0.2, 0) is 6.18 Å². The van der Waals surface area contributed by atoms with E-state index >= 15 is 0 Å². The number of rotatable bonds is 4. The van der Waals surface area contributed by atoms with Gasteiger partial charge < -0.3 is 0 Å². The number of hydrogen-bond acceptors (Lipinski definition) is 4. The van der Waals surface area contributed by atoms with Gasteiger partial charge in [-0.25, -0.2) is 0 Å². The van der Waals surface area contributed by atoms with E-state index in [4.69, 9.17) is 11.6 Å². The molecular formula is C14H9ClF3N3O2. The second-order valence-corrected chi connectivity index (χ2v) is 4.84. The monoisotopic (exact) mass is 343 g/mol. The van der Waals surface area contributed by atoms with Crippen molar-refractivity contribution >= 4 is 29.2 Å². The zero-order valence-electron chi connectivity index (χ0n) is 11.3. The fourth-order valence-electron chi connectivity index (χ4n) is 1.68. The number of nitrogens with one attached hydrogen (secondary N) is 1. The number of hydrogen-bond donors (Lipinski definition) is 1. The summed E-state index contributed by atoms with van der Waals surface area (Å²) >= 11 is 5.72. The highest BCUT2D eigenvalue weighted by Crippen LogP contribution is 2.34. The number of nitro benzene ring substituents is 1. The highest BCUT2D eigenvalue weighted by molar-refractivity contribution is 6.30. The molecule has 0 heterocycles. The van der Waals surface area contributed by atoms with Crippen LogP contribution in [0.1, 0.15) is 11.1 Å². The third kappa shape index (κ3) is 4.43. The molecule has 0 radical (unpaired) electrons. The van der Waals surface area contributed by atoms with Crippen molar-refractivity contribution in [2.45, 2.75) is 6.18 Å². The van der Waals surface area contributed by atoms with Crippen molar-refractivity contribution in [3.63, 3.8) is 0 Å². The maximum absolute atomic E-state index is 12.6. The van der Waals surface area contributed by atoms with Gasteiger partial charge in [-0.1, -0.05) is 23.7 Å². The normalized spacial score (nSPS) is 11.7. The van der Waals surface area contributed by atoms with Crippen LogP contribution in [0.5, 0.6) is 0 Å². The average Bonchev–Trinajstić information content (AvgIpc) is 2.48. The molecule has 2 aromatic rings. The molecule has 0 amide bonds. The van der Waals surface area contributed by atoms with Crippen molar-refractivity contribution in [2.75, 3.05) is 5.43 Å². The molecule has 0 fully saturated rings. The van der Waals surface area contributed by atoms with Gasteiger partial charge in [-0.15, -0.1) is 0 Å². The molecule has 9 heteroatoms. The van der Waals surface area contributed by atoms with E-state index in [0.717, 1.165) is 12.1 Å². The molecule has 23 heavy (non-hydrogen) atoms. The van der Waals surface area contributed by atoms with E-state index in [2.05, 4.69) is 10.5 Å². The maximum atomic E-state index is 12.6. The van der Waals surface area contributed by atoms with E-state index in [1.54, 1.807) is 24.3 Å². The summed E-state index contributed by atoms with van der Waals surface area (Å²) in [4.78, 5) is 10.00. The van der Waals surface area contributed by atoms with Crippen molar-refractivity contribution in [1.82, 2.24) is 0 Å². The summed E-state index contributed by atoms with van der Waals surface area (Å²) in [6, 6.07) is 8.74. The van der Waals surface area contributed by atoms with Crippen molar-refractivity contribution in [3.8, 4) is 0 Å². The molecule has 0 atom stereocenters. The molecule has 1 N–H and O–H groups in total. The molecule has 0 aromatic heterocycles. The molecule has 5 nitrogen and oxygen atoms in total. The molecule has 0 spiro atoms. The summed E-state index contributed by atoms with van der Waals surface area (Å²) in [5.74, 6) is 0. The number of hydrazone groups is 1.